The van der Waals surface area contributed by atoms with Gasteiger partial charge in [-0.25, -0.2) is 0 Å². The number of nitrogens with zero attached hydrogens (tertiary/aromatic N) is 7. The number of primary amides is 2. The highest BCUT2D eigenvalue weighted by molar-refractivity contribution is 6.03. The van der Waals surface area contributed by atoms with E-state index in [9.17, 15) is 83.1 Å². The van der Waals surface area contributed by atoms with Crippen molar-refractivity contribution in [2.24, 2.45) is 16.5 Å². The summed E-state index contributed by atoms with van der Waals surface area (Å²) in [6.07, 6.45) is 1.95. The molecule has 0 aliphatic carbocycles. The summed E-state index contributed by atoms with van der Waals surface area (Å²) in [7, 11) is 3.81. The molecule has 3 aromatic carbocycles. The van der Waals surface area contributed by atoms with E-state index < -0.39 is 268 Å². The number of carbonyl (C=O) groups is 19. The molecule has 9 rings (SSSR count). The minimum Gasteiger partial charge on any atom is -0.508 e. The number of phenols is 1. The van der Waals surface area contributed by atoms with Crippen LogP contribution in [0.25, 0.3) is 21.8 Å². The maximum absolute atomic E-state index is 15.8. The first-order valence-electron chi connectivity index (χ1n) is 45.7. The Morgan fingerprint density at radius 2 is 1.14 bits per heavy atom. The molecule has 3 fully saturated rings. The Kier molecular flexibility index (Phi) is 39.1. The number of aliphatic imine (C=N–C) groups is 1. The second-order valence-corrected chi connectivity index (χ2v) is 34.9. The van der Waals surface area contributed by atoms with Gasteiger partial charge in [0.25, 0.3) is 0 Å². The van der Waals surface area contributed by atoms with E-state index in [1.54, 1.807) is 54.7 Å². The fourth-order valence-corrected chi connectivity index (χ4v) is 17.0. The zero-order chi connectivity index (χ0) is 100. The van der Waals surface area contributed by atoms with Crippen LogP contribution in [-0.2, 0) is 117 Å². The molecule has 4 aliphatic rings. The molecular formula is C92H125N21O24. The van der Waals surface area contributed by atoms with Gasteiger partial charge in [-0.05, 0) is 118 Å². The summed E-state index contributed by atoms with van der Waals surface area (Å²) >= 11 is 0. The number of carbonyl (C=O) groups excluding carboxylic acids is 17. The number of carboxylic acid groups (broad SMARTS) is 2. The van der Waals surface area contributed by atoms with Crippen LogP contribution in [0.1, 0.15) is 147 Å². The molecule has 45 heteroatoms. The average molecular weight is 1910 g/mol. The number of amides is 17. The second kappa shape index (κ2) is 50.4. The maximum atomic E-state index is 15.8. The number of aromatic nitrogens is 2. The molecule has 3 saturated heterocycles. The Balaban J connectivity index is 1.08. The van der Waals surface area contributed by atoms with Gasteiger partial charge in [0, 0.05) is 119 Å². The molecule has 0 bridgehead atoms. The number of unbranched alkanes of at least 4 members (excludes halogenated alkanes) is 2. The number of phenolic OH excluding ortho intramolecular Hbond substituents is 1. The smallest absolute Gasteiger partial charge is 0.323 e. The Hall–Kier alpha value is -14.2. The van der Waals surface area contributed by atoms with Crippen LogP contribution in [0.2, 0.25) is 0 Å². The number of aromatic amines is 1. The van der Waals surface area contributed by atoms with Crippen molar-refractivity contribution in [2.75, 3.05) is 60.5 Å². The number of nitrogens with two attached hydrogens (primary N) is 2. The number of hydrogen-bond acceptors (Lipinski definition) is 24. The van der Waals surface area contributed by atoms with E-state index in [4.69, 9.17) is 11.5 Å². The number of nitrogens with one attached hydrogen (secondary N) is 12. The third-order valence-electron chi connectivity index (χ3n) is 24.7. The van der Waals surface area contributed by atoms with Crippen molar-refractivity contribution in [1.29, 1.82) is 0 Å². The molecule has 17 amide bonds. The van der Waals surface area contributed by atoms with Gasteiger partial charge in [-0.3, -0.25) is 96.1 Å². The van der Waals surface area contributed by atoms with Crippen molar-refractivity contribution in [2.45, 2.75) is 247 Å². The van der Waals surface area contributed by atoms with Gasteiger partial charge in [0.05, 0.1) is 32.2 Å². The highest BCUT2D eigenvalue weighted by Gasteiger charge is 2.47. The predicted molar refractivity (Wildman–Crippen MR) is 493 cm³/mol. The topological polar surface area (TPSA) is 659 Å². The van der Waals surface area contributed by atoms with Gasteiger partial charge >= 0.3 is 11.9 Å². The van der Waals surface area contributed by atoms with Gasteiger partial charge in [0.15, 0.2) is 0 Å². The van der Waals surface area contributed by atoms with Crippen LogP contribution in [0.4, 0.5) is 0 Å². The molecule has 0 spiro atoms. The molecule has 137 heavy (non-hydrogen) atoms. The van der Waals surface area contributed by atoms with Crippen LogP contribution in [0.3, 0.4) is 0 Å². The largest absolute Gasteiger partial charge is 0.508 e. The number of aliphatic carboxylic acids is 2. The van der Waals surface area contributed by atoms with Gasteiger partial charge in [-0.15, -0.1) is 0 Å². The summed E-state index contributed by atoms with van der Waals surface area (Å²) in [6.45, 7) is 2.44. The average Bonchev–Trinajstić information content (AvgIpc) is 1.61. The summed E-state index contributed by atoms with van der Waals surface area (Å²) in [6, 6.07) is -3.68. The van der Waals surface area contributed by atoms with Gasteiger partial charge in [-0.2, -0.15) is 0 Å². The van der Waals surface area contributed by atoms with E-state index >= 15 is 33.6 Å². The fraction of sp³-hybridized carbons (Fsp3) is 0.522. The third kappa shape index (κ3) is 29.4. The summed E-state index contributed by atoms with van der Waals surface area (Å²) < 4.78 is 1.40. The molecule has 2 aromatic heterocycles. The van der Waals surface area contributed by atoms with Crippen molar-refractivity contribution in [1.82, 2.24) is 92.5 Å². The molecule has 15 atom stereocenters. The van der Waals surface area contributed by atoms with Gasteiger partial charge in [0.2, 0.25) is 100 Å². The number of aliphatic hydroxyl groups is 2. The molecular weight excluding hydrogens is 1780 g/mol. The summed E-state index contributed by atoms with van der Waals surface area (Å²) in [5, 5.41) is 82.8. The lowest BCUT2D eigenvalue weighted by Gasteiger charge is -2.36. The quantitative estimate of drug-likeness (QED) is 0.0271. The fourth-order valence-electron chi connectivity index (χ4n) is 17.0. The van der Waals surface area contributed by atoms with Crippen molar-refractivity contribution in [3.63, 3.8) is 0 Å². The number of para-hydroxylation sites is 2. The SMILES string of the molecule is CCCC[C@H]1C(=O)N(C)[C@@H](CCCC)C(=O)N[C@@H](C)C(=O)N[C@H](C(=O)NCC(N)=O)CCCNCC(=O)N[C@@H](Cc2ccc(O)cc2)C(=O)N(C)[C@@H](C)C(=O)N[C@@H](CC(=O)O)C(=O)N2CCC[C@H]2C(=O)N[C@@H](CC2=CN=CC2)C(=O)N[C@@H](CCC(N)=O)C(=O)N2C[C@H](O)C[C@H]2C(=O)N[C@@H](Cc2c[nH]c3ccccc23)C(=O)N[C@@H](CO)C(=O)N[C@@H](Cc2cn(CC(=O)O)c3ccccc23)C(=O)N1C. The normalized spacial score (nSPS) is 25.1. The van der Waals surface area contributed by atoms with Crippen LogP contribution >= 0.6 is 0 Å². The number of fused-ring (bicyclic) bond motifs is 4. The Morgan fingerprint density at radius 1 is 0.547 bits per heavy atom. The summed E-state index contributed by atoms with van der Waals surface area (Å²) in [5.74, 6) is -19.6. The number of H-pyrrole nitrogens is 1. The minimum absolute atomic E-state index is 0.00517. The first kappa shape index (κ1) is 106. The number of rotatable bonds is 25. The highest BCUT2D eigenvalue weighted by atomic mass is 16.4. The molecule has 6 heterocycles. The molecule has 0 unspecified atom stereocenters. The number of benzene rings is 3. The van der Waals surface area contributed by atoms with Gasteiger partial charge in [-0.1, -0.05) is 88.1 Å². The first-order chi connectivity index (χ1) is 65.2. The Bertz CT molecular complexity index is 5330. The molecule has 5 aromatic rings. The van der Waals surface area contributed by atoms with Crippen molar-refractivity contribution >= 4 is 140 Å². The minimum atomic E-state index is -1.99. The lowest BCUT2D eigenvalue weighted by atomic mass is 10.00. The molecule has 0 saturated carbocycles. The Labute approximate surface area is 789 Å². The number of carboxylic acids is 2. The van der Waals surface area contributed by atoms with Crippen LogP contribution < -0.4 is 70.0 Å². The first-order valence-corrected chi connectivity index (χ1v) is 45.7. The summed E-state index contributed by atoms with van der Waals surface area (Å²) in [4.78, 5) is 285. The van der Waals surface area contributed by atoms with Crippen LogP contribution in [0, 0.1) is 0 Å². The monoisotopic (exact) mass is 1910 g/mol. The van der Waals surface area contributed by atoms with E-state index in [-0.39, 0.29) is 83.0 Å². The zero-order valence-electron chi connectivity index (χ0n) is 77.6. The van der Waals surface area contributed by atoms with Crippen LogP contribution in [0.15, 0.2) is 102 Å². The second-order valence-electron chi connectivity index (χ2n) is 34.9. The molecule has 0 radical (unpaired) electrons. The van der Waals surface area contributed by atoms with Crippen molar-refractivity contribution < 1.29 is 117 Å². The van der Waals surface area contributed by atoms with Crippen molar-refractivity contribution in [3.8, 4) is 5.75 Å². The third-order valence-corrected chi connectivity index (χ3v) is 24.7. The van der Waals surface area contributed by atoms with Gasteiger partial charge < -0.3 is 130 Å². The number of hydrogen-bond donors (Lipinski definition) is 19. The maximum Gasteiger partial charge on any atom is 0.323 e. The predicted octanol–water partition coefficient (Wildman–Crippen LogP) is -3.38. The molecule has 21 N–H and O–H groups in total. The summed E-state index contributed by atoms with van der Waals surface area (Å²) in [5.41, 5.74) is 13.6. The van der Waals surface area contributed by atoms with E-state index in [2.05, 4.69) is 68.5 Å². The zero-order valence-corrected chi connectivity index (χ0v) is 77.6. The number of aromatic hydroxyl groups is 1. The lowest BCUT2D eigenvalue weighted by Crippen LogP contribution is -2.61. The van der Waals surface area contributed by atoms with Crippen molar-refractivity contribution in [3.05, 3.63) is 114 Å². The van der Waals surface area contributed by atoms with E-state index in [1.807, 2.05) is 13.8 Å². The van der Waals surface area contributed by atoms with Crippen LogP contribution in [0.5, 0.6) is 5.75 Å². The number of aliphatic hydroxyl groups excluding tert-OH is 2. The Morgan fingerprint density at radius 3 is 1.79 bits per heavy atom. The van der Waals surface area contributed by atoms with Gasteiger partial charge in [0.1, 0.15) is 96.9 Å². The molecule has 742 valence electrons. The molecule has 45 nitrogen and oxygen atoms in total. The standard InChI is InChI=1S/C92H125N21O24/c1-8-10-22-70-85(130)99-50(3)79(124)101-61(81(126)98-44-75(94)118)21-16-33-95-45-76(119)100-65(36-52-26-28-56(115)29-27-52)88(133)108(5)51(4)80(125)105-67(41-77(120)121)91(136)112-35-17-25-71(112)86(131)103-63(37-53-32-34-96-42-53)82(127)102-62(30-31-74(93)117)90(135)113-47-57(116)40-73(113)87(132)104-64(38-54-43-97-60-20-14-12-18-58(54)60)83(128)107-68(49-114)84(129)106-66(89(134)110(7)72(23-11-9-2)92(137)109(70)6)39-55-46-111(48-78(122)123)69-24-15-13-19-59(55)69/h12-15,18-20,24,26-29,34,42-43,46,50-51,57,61-68,70-73,95,97,114-116H,8-11,16-17,21-23,25,30-33,35-41,44-45,47-49H2,1-7H3,(H2,93,117)(H2,94,118)(H,98,126)(H,99,130)(H,100,119)(H,101,124)(H,102,127)(H,103,131)(H,104,132)(H,105,125)(H,106,129)(H,107,128)(H,120,121)(H,122,123)/t50-,51-,57+,61-,62-,63-,64-,65-,66-,67-,68-,70-,71-,72-,73-/m0/s1. The molecule has 4 aliphatic heterocycles. The van der Waals surface area contributed by atoms with Crippen LogP contribution in [-0.4, -0.2) is 329 Å². The van der Waals surface area contributed by atoms with E-state index in [0.29, 0.717) is 69.8 Å². The van der Waals surface area contributed by atoms with E-state index in [0.717, 1.165) is 24.5 Å². The van der Waals surface area contributed by atoms with E-state index in [1.165, 1.54) is 82.4 Å². The number of likely N-dealkylation sites (N-methyl/N-ethyl adjacent to an activating group) is 3. The highest BCUT2D eigenvalue weighted by Crippen LogP contribution is 2.29. The lowest BCUT2D eigenvalue weighted by molar-refractivity contribution is -0.149.